The summed E-state index contributed by atoms with van der Waals surface area (Å²) in [5.41, 5.74) is 4.73. The van der Waals surface area contributed by atoms with Gasteiger partial charge in [-0.25, -0.2) is 0 Å². The lowest BCUT2D eigenvalue weighted by Gasteiger charge is -2.34. The molecule has 2 aliphatic rings. The molecule has 3 aromatic rings. The number of fused-ring (bicyclic) bond motifs is 2. The summed E-state index contributed by atoms with van der Waals surface area (Å²) in [6.45, 7) is 10.4. The minimum atomic E-state index is -0.00910. The average Bonchev–Trinajstić information content (AvgIpc) is 3.13. The van der Waals surface area contributed by atoms with Crippen LogP contribution in [0.2, 0.25) is 0 Å². The van der Waals surface area contributed by atoms with Gasteiger partial charge in [-0.2, -0.15) is 9.97 Å². The van der Waals surface area contributed by atoms with Crippen LogP contribution in [0, 0.1) is 6.92 Å². The second-order valence-corrected chi connectivity index (χ2v) is 8.95. The Morgan fingerprint density at radius 3 is 2.65 bits per heavy atom. The lowest BCUT2D eigenvalue weighted by molar-refractivity contribution is -0.125. The molecule has 34 heavy (non-hydrogen) atoms. The fourth-order valence-electron chi connectivity index (χ4n) is 5.19. The second kappa shape index (κ2) is 9.33. The third kappa shape index (κ3) is 4.06. The second-order valence-electron chi connectivity index (χ2n) is 8.95. The van der Waals surface area contributed by atoms with Gasteiger partial charge in [0.2, 0.25) is 5.91 Å². The number of benzene rings is 2. The third-order valence-corrected chi connectivity index (χ3v) is 6.92. The van der Waals surface area contributed by atoms with E-state index in [4.69, 9.17) is 14.7 Å². The fourth-order valence-corrected chi connectivity index (χ4v) is 5.19. The quantitative estimate of drug-likeness (QED) is 0.557. The number of aromatic nitrogens is 2. The van der Waals surface area contributed by atoms with Crippen molar-refractivity contribution in [1.82, 2.24) is 14.9 Å². The third-order valence-electron chi connectivity index (χ3n) is 6.92. The van der Waals surface area contributed by atoms with Crippen LogP contribution in [0.4, 0.5) is 11.5 Å². The Labute approximate surface area is 200 Å². The van der Waals surface area contributed by atoms with Crippen LogP contribution in [-0.4, -0.2) is 60.6 Å². The topological polar surface area (TPSA) is 61.8 Å². The Morgan fingerprint density at radius 1 is 1.03 bits per heavy atom. The van der Waals surface area contributed by atoms with E-state index >= 15 is 0 Å². The van der Waals surface area contributed by atoms with Crippen LogP contribution in [0.15, 0.2) is 49.1 Å². The first-order valence-corrected chi connectivity index (χ1v) is 11.9. The predicted octanol–water partition coefficient (Wildman–Crippen LogP) is 3.73. The van der Waals surface area contributed by atoms with E-state index in [1.807, 2.05) is 4.90 Å². The molecule has 0 radical (unpaired) electrons. The van der Waals surface area contributed by atoms with Gasteiger partial charge in [0.1, 0.15) is 5.82 Å². The molecule has 7 heteroatoms. The van der Waals surface area contributed by atoms with Gasteiger partial charge in [-0.3, -0.25) is 4.79 Å². The number of anilines is 2. The summed E-state index contributed by atoms with van der Waals surface area (Å²) in [6.07, 6.45) is 3.15. The molecule has 1 saturated heterocycles. The smallest absolute Gasteiger partial charge is 0.318 e. The average molecular weight is 458 g/mol. The monoisotopic (exact) mass is 457 g/mol. The molecule has 0 unspecified atom stereocenters. The van der Waals surface area contributed by atoms with Crippen LogP contribution >= 0.6 is 0 Å². The molecule has 7 nitrogen and oxygen atoms in total. The van der Waals surface area contributed by atoms with Crippen molar-refractivity contribution in [2.45, 2.75) is 26.3 Å². The molecule has 5 rings (SSSR count). The summed E-state index contributed by atoms with van der Waals surface area (Å²) in [4.78, 5) is 28.2. The molecule has 176 valence electrons. The summed E-state index contributed by atoms with van der Waals surface area (Å²) >= 11 is 0. The number of hydrogen-bond acceptors (Lipinski definition) is 6. The summed E-state index contributed by atoms with van der Waals surface area (Å²) in [5, 5.41) is 2.56. The maximum absolute atomic E-state index is 12.1. The number of nitrogens with zero attached hydrogens (tertiary/aromatic N) is 5. The summed E-state index contributed by atoms with van der Waals surface area (Å²) in [6, 6.07) is 13.4. The van der Waals surface area contributed by atoms with Crippen molar-refractivity contribution in [1.29, 1.82) is 0 Å². The van der Waals surface area contributed by atoms with Gasteiger partial charge in [0, 0.05) is 49.4 Å². The molecule has 3 heterocycles. The van der Waals surface area contributed by atoms with Crippen molar-refractivity contribution in [3.05, 3.63) is 65.9 Å². The first kappa shape index (κ1) is 22.2. The molecule has 1 fully saturated rings. The summed E-state index contributed by atoms with van der Waals surface area (Å²) in [5.74, 6) is 0.939. The molecular formula is C27H31N5O2. The van der Waals surface area contributed by atoms with Gasteiger partial charge in [-0.15, -0.1) is 0 Å². The molecule has 2 aliphatic heterocycles. The van der Waals surface area contributed by atoms with Crippen molar-refractivity contribution in [2.75, 3.05) is 49.6 Å². The number of ether oxygens (including phenoxy) is 1. The highest BCUT2D eigenvalue weighted by Gasteiger charge is 2.28. The molecule has 1 amide bonds. The van der Waals surface area contributed by atoms with Crippen LogP contribution in [0.1, 0.15) is 23.2 Å². The largest absolute Gasteiger partial charge is 0.467 e. The molecule has 0 atom stereocenters. The lowest BCUT2D eigenvalue weighted by atomic mass is 10.00. The Bertz CT molecular complexity index is 1240. The fraction of sp³-hybridized carbons (Fsp3) is 0.370. The van der Waals surface area contributed by atoms with E-state index in [1.54, 1.807) is 7.11 Å². The number of amides is 1. The molecule has 2 aromatic carbocycles. The maximum Gasteiger partial charge on any atom is 0.318 e. The van der Waals surface area contributed by atoms with Gasteiger partial charge in [0.25, 0.3) is 0 Å². The first-order valence-electron chi connectivity index (χ1n) is 11.9. The van der Waals surface area contributed by atoms with Crippen molar-refractivity contribution < 1.29 is 9.53 Å². The molecule has 0 bridgehead atoms. The van der Waals surface area contributed by atoms with Crippen molar-refractivity contribution in [3.8, 4) is 6.01 Å². The zero-order valence-corrected chi connectivity index (χ0v) is 20.0. The van der Waals surface area contributed by atoms with Crippen molar-refractivity contribution in [3.63, 3.8) is 0 Å². The van der Waals surface area contributed by atoms with E-state index in [9.17, 15) is 4.79 Å². The number of hydrogen-bond donors (Lipinski definition) is 0. The molecule has 0 aliphatic carbocycles. The summed E-state index contributed by atoms with van der Waals surface area (Å²) in [7, 11) is 1.62. The number of carbonyl (C=O) groups is 1. The Kier molecular flexibility index (Phi) is 6.09. The SMILES string of the molecule is C=CC(=O)N1CCCN(c2nc(OC)nc3c2CCN(c2cccc4cccc(C)c24)C3)CC1. The summed E-state index contributed by atoms with van der Waals surface area (Å²) < 4.78 is 5.50. The van der Waals surface area contributed by atoms with Crippen LogP contribution in [0.3, 0.4) is 0 Å². The molecular weight excluding hydrogens is 426 g/mol. The highest BCUT2D eigenvalue weighted by molar-refractivity contribution is 5.97. The molecule has 1 aromatic heterocycles. The molecule has 0 spiro atoms. The zero-order valence-electron chi connectivity index (χ0n) is 20.0. The van der Waals surface area contributed by atoms with Crippen LogP contribution in [0.25, 0.3) is 10.8 Å². The molecule has 0 saturated carbocycles. The van der Waals surface area contributed by atoms with E-state index in [0.29, 0.717) is 19.1 Å². The van der Waals surface area contributed by atoms with Crippen molar-refractivity contribution >= 4 is 28.2 Å². The van der Waals surface area contributed by atoms with E-state index < -0.39 is 0 Å². The highest BCUT2D eigenvalue weighted by atomic mass is 16.5. The van der Waals surface area contributed by atoms with E-state index in [1.165, 1.54) is 33.7 Å². The normalized spacial score (nSPS) is 16.2. The predicted molar refractivity (Wildman–Crippen MR) is 136 cm³/mol. The minimum absolute atomic E-state index is 0.00910. The minimum Gasteiger partial charge on any atom is -0.467 e. The highest BCUT2D eigenvalue weighted by Crippen LogP contribution is 2.35. The van der Waals surface area contributed by atoms with Gasteiger partial charge in [0.05, 0.1) is 19.3 Å². The van der Waals surface area contributed by atoms with Gasteiger partial charge in [-0.1, -0.05) is 36.9 Å². The van der Waals surface area contributed by atoms with Gasteiger partial charge < -0.3 is 19.4 Å². The maximum atomic E-state index is 12.1. The van der Waals surface area contributed by atoms with Gasteiger partial charge >= 0.3 is 6.01 Å². The number of methoxy groups -OCH3 is 1. The van der Waals surface area contributed by atoms with Gasteiger partial charge in [-0.05, 0) is 42.9 Å². The Balaban J connectivity index is 1.47. The first-order chi connectivity index (χ1) is 16.6. The van der Waals surface area contributed by atoms with E-state index in [0.717, 1.165) is 50.5 Å². The Hall–Kier alpha value is -3.61. The Morgan fingerprint density at radius 2 is 1.85 bits per heavy atom. The van der Waals surface area contributed by atoms with E-state index in [2.05, 4.69) is 59.7 Å². The standard InChI is InChI=1S/C27H31N5O2/c1-4-24(33)30-13-7-14-31(17-16-30)26-21-12-15-32(18-22(21)28-27(29-26)34-3)23-11-6-10-20-9-5-8-19(2)25(20)23/h4-6,8-11H,1,7,12-18H2,2-3H3. The molecule has 0 N–H and O–H groups in total. The van der Waals surface area contributed by atoms with Gasteiger partial charge in [0.15, 0.2) is 0 Å². The lowest BCUT2D eigenvalue weighted by Crippen LogP contribution is -2.36. The number of rotatable bonds is 4. The van der Waals surface area contributed by atoms with Crippen LogP contribution < -0.4 is 14.5 Å². The van der Waals surface area contributed by atoms with Crippen LogP contribution in [-0.2, 0) is 17.8 Å². The zero-order chi connectivity index (χ0) is 23.7. The van der Waals surface area contributed by atoms with Crippen molar-refractivity contribution in [2.24, 2.45) is 0 Å². The van der Waals surface area contributed by atoms with Crippen LogP contribution in [0.5, 0.6) is 6.01 Å². The number of carbonyl (C=O) groups excluding carboxylic acids is 1. The number of aryl methyl sites for hydroxylation is 1. The van der Waals surface area contributed by atoms with E-state index in [-0.39, 0.29) is 5.91 Å².